The Bertz CT molecular complexity index is 1380. The summed E-state index contributed by atoms with van der Waals surface area (Å²) in [6.45, 7) is 3.04. The van der Waals surface area contributed by atoms with Crippen LogP contribution in [0.4, 0.5) is 0 Å². The summed E-state index contributed by atoms with van der Waals surface area (Å²) in [6, 6.07) is 15.5. The second-order valence-electron chi connectivity index (χ2n) is 8.00. The first-order chi connectivity index (χ1) is 16.5. The molecule has 8 nitrogen and oxygen atoms in total. The molecule has 34 heavy (non-hydrogen) atoms. The maximum absolute atomic E-state index is 12.7. The van der Waals surface area contributed by atoms with Crippen molar-refractivity contribution in [3.63, 3.8) is 0 Å². The molecule has 8 heteroatoms. The smallest absolute Gasteiger partial charge is 0.282 e. The molecule has 0 saturated heterocycles. The Morgan fingerprint density at radius 2 is 1.97 bits per heavy atom. The zero-order valence-electron chi connectivity index (χ0n) is 18.9. The summed E-state index contributed by atoms with van der Waals surface area (Å²) in [5.74, 6) is 1.98. The molecule has 0 unspecified atom stereocenters. The van der Waals surface area contributed by atoms with Crippen molar-refractivity contribution in [2.75, 3.05) is 13.7 Å². The molecule has 0 spiro atoms. The maximum Gasteiger partial charge on any atom is 0.282 e. The van der Waals surface area contributed by atoms with Crippen LogP contribution in [-0.4, -0.2) is 40.9 Å². The summed E-state index contributed by atoms with van der Waals surface area (Å²) in [5, 5.41) is 10.7. The van der Waals surface area contributed by atoms with Crippen LogP contribution in [0.1, 0.15) is 18.9 Å². The lowest BCUT2D eigenvalue weighted by Gasteiger charge is -2.22. The number of amidine groups is 2. The van der Waals surface area contributed by atoms with Crippen molar-refractivity contribution < 1.29 is 19.1 Å². The van der Waals surface area contributed by atoms with Crippen molar-refractivity contribution >= 4 is 34.6 Å². The summed E-state index contributed by atoms with van der Waals surface area (Å²) in [5.41, 5.74) is 2.08. The van der Waals surface area contributed by atoms with Gasteiger partial charge in [-0.2, -0.15) is 4.99 Å². The van der Waals surface area contributed by atoms with Gasteiger partial charge in [0.2, 0.25) is 0 Å². The predicted octanol–water partition coefficient (Wildman–Crippen LogP) is 4.57. The van der Waals surface area contributed by atoms with Gasteiger partial charge in [0.1, 0.15) is 17.3 Å². The van der Waals surface area contributed by atoms with Crippen LogP contribution in [0.5, 0.6) is 11.5 Å². The van der Waals surface area contributed by atoms with E-state index in [2.05, 4.69) is 9.56 Å². The number of hydrogen-bond donors (Lipinski definition) is 1. The highest BCUT2D eigenvalue weighted by Gasteiger charge is 2.34. The van der Waals surface area contributed by atoms with Crippen molar-refractivity contribution in [1.29, 1.82) is 5.41 Å². The van der Waals surface area contributed by atoms with E-state index in [0.717, 1.165) is 40.9 Å². The number of methoxy groups -OCH3 is 1. The van der Waals surface area contributed by atoms with E-state index in [-0.39, 0.29) is 11.4 Å². The number of carbonyl (C=O) groups excluding carboxylic acids is 1. The summed E-state index contributed by atoms with van der Waals surface area (Å²) in [4.78, 5) is 22.2. The quantitative estimate of drug-likeness (QED) is 0.416. The number of fused-ring (bicyclic) bond motifs is 2. The van der Waals surface area contributed by atoms with Crippen LogP contribution >= 0.6 is 0 Å². The summed E-state index contributed by atoms with van der Waals surface area (Å²) >= 11 is 0. The number of aliphatic imine (C=N–C) groups is 1. The Balaban J connectivity index is 1.35. The van der Waals surface area contributed by atoms with Gasteiger partial charge in [-0.3, -0.25) is 10.2 Å². The van der Waals surface area contributed by atoms with Gasteiger partial charge in [-0.05, 0) is 37.6 Å². The van der Waals surface area contributed by atoms with Crippen molar-refractivity contribution in [1.82, 2.24) is 9.63 Å². The lowest BCUT2D eigenvalue weighted by Crippen LogP contribution is -2.38. The Labute approximate surface area is 196 Å². The molecular weight excluding hydrogens is 432 g/mol. The second-order valence-corrected chi connectivity index (χ2v) is 8.00. The van der Waals surface area contributed by atoms with Gasteiger partial charge in [0, 0.05) is 41.4 Å². The number of aromatic nitrogens is 1. The van der Waals surface area contributed by atoms with E-state index in [4.69, 9.17) is 19.7 Å². The first-order valence-corrected chi connectivity index (χ1v) is 11.0. The fourth-order valence-electron chi connectivity index (χ4n) is 4.05. The third-order valence-corrected chi connectivity index (χ3v) is 5.65. The predicted molar refractivity (Wildman–Crippen MR) is 130 cm³/mol. The molecule has 3 heterocycles. The number of carbonyl (C=O) groups is 1. The highest BCUT2D eigenvalue weighted by molar-refractivity contribution is 6.32. The van der Waals surface area contributed by atoms with Crippen molar-refractivity contribution in [3.05, 3.63) is 77.7 Å². The number of amides is 1. The molecule has 2 aromatic carbocycles. The van der Waals surface area contributed by atoms with Crippen LogP contribution in [0, 0.1) is 5.41 Å². The number of rotatable bonds is 7. The topological polar surface area (TPSA) is 89.1 Å². The number of benzene rings is 2. The van der Waals surface area contributed by atoms with Gasteiger partial charge in [-0.25, -0.2) is 0 Å². The van der Waals surface area contributed by atoms with E-state index in [1.54, 1.807) is 26.2 Å². The zero-order chi connectivity index (χ0) is 23.7. The minimum Gasteiger partial charge on any atom is -0.497 e. The molecule has 1 amide bonds. The largest absolute Gasteiger partial charge is 0.497 e. The fraction of sp³-hybridized carbons (Fsp3) is 0.192. The monoisotopic (exact) mass is 456 g/mol. The highest BCUT2D eigenvalue weighted by atomic mass is 16.7. The SMILES string of the molecule is COc1cccc(OCCCn2cc(/C=C3/C(=N)N4OC(C)=CC4=NC3=O)c3ccccc32)c1. The van der Waals surface area contributed by atoms with Crippen LogP contribution in [-0.2, 0) is 16.2 Å². The van der Waals surface area contributed by atoms with Gasteiger partial charge in [0.15, 0.2) is 11.7 Å². The molecule has 0 atom stereocenters. The number of allylic oxidation sites excluding steroid dienone is 1. The van der Waals surface area contributed by atoms with Crippen LogP contribution in [0.2, 0.25) is 0 Å². The molecule has 3 aromatic rings. The number of aryl methyl sites for hydroxylation is 1. The third kappa shape index (κ3) is 4.05. The lowest BCUT2D eigenvalue weighted by atomic mass is 10.1. The van der Waals surface area contributed by atoms with Crippen LogP contribution < -0.4 is 9.47 Å². The Morgan fingerprint density at radius 3 is 2.82 bits per heavy atom. The van der Waals surface area contributed by atoms with E-state index in [0.29, 0.717) is 18.2 Å². The molecule has 1 N–H and O–H groups in total. The van der Waals surface area contributed by atoms with Crippen LogP contribution in [0.15, 0.2) is 77.1 Å². The van der Waals surface area contributed by atoms with E-state index in [1.165, 1.54) is 5.06 Å². The van der Waals surface area contributed by atoms with Gasteiger partial charge in [-0.1, -0.05) is 24.3 Å². The van der Waals surface area contributed by atoms with Crippen molar-refractivity contribution in [2.24, 2.45) is 4.99 Å². The molecule has 1 aromatic heterocycles. The molecule has 0 fully saturated rings. The number of nitrogens with zero attached hydrogens (tertiary/aromatic N) is 3. The Kier molecular flexibility index (Phi) is 5.63. The van der Waals surface area contributed by atoms with Gasteiger partial charge >= 0.3 is 0 Å². The molecule has 2 aliphatic heterocycles. The standard InChI is InChI=1S/C26H24N4O4/c1-17-13-24-28-26(31)22(25(27)30(24)34-17)14-18-16-29(23-10-4-3-9-21(18)23)11-6-12-33-20-8-5-7-19(15-20)32-2/h3-5,7-10,13-16,27H,6,11-12H2,1-2H3/b22-14-,27-25?. The fourth-order valence-corrected chi connectivity index (χ4v) is 4.05. The summed E-state index contributed by atoms with van der Waals surface area (Å²) < 4.78 is 13.2. The molecule has 0 aliphatic carbocycles. The molecule has 0 radical (unpaired) electrons. The van der Waals surface area contributed by atoms with Crippen LogP contribution in [0.3, 0.4) is 0 Å². The molecule has 2 aliphatic rings. The first kappa shape index (κ1) is 21.5. The Hall–Kier alpha value is -4.33. The number of hydrogen-bond acceptors (Lipinski definition) is 5. The Morgan fingerprint density at radius 1 is 1.15 bits per heavy atom. The highest BCUT2D eigenvalue weighted by Crippen LogP contribution is 2.28. The molecule has 0 saturated carbocycles. The average molecular weight is 457 g/mol. The van der Waals surface area contributed by atoms with Gasteiger partial charge in [0.25, 0.3) is 5.91 Å². The minimum atomic E-state index is -0.450. The number of ether oxygens (including phenoxy) is 2. The maximum atomic E-state index is 12.7. The van der Waals surface area contributed by atoms with Crippen molar-refractivity contribution in [3.8, 4) is 11.5 Å². The molecular formula is C26H24N4O4. The normalized spacial score (nSPS) is 16.4. The second kappa shape index (κ2) is 8.90. The number of hydroxylamine groups is 2. The first-order valence-electron chi connectivity index (χ1n) is 11.0. The van der Waals surface area contributed by atoms with E-state index < -0.39 is 5.91 Å². The average Bonchev–Trinajstić information content (AvgIpc) is 3.39. The summed E-state index contributed by atoms with van der Waals surface area (Å²) in [7, 11) is 1.63. The van der Waals surface area contributed by atoms with E-state index >= 15 is 0 Å². The van der Waals surface area contributed by atoms with E-state index in [9.17, 15) is 4.79 Å². The number of para-hydroxylation sites is 1. The molecule has 0 bridgehead atoms. The third-order valence-electron chi connectivity index (χ3n) is 5.65. The lowest BCUT2D eigenvalue weighted by molar-refractivity contribution is -0.114. The number of nitrogens with one attached hydrogen (secondary N) is 1. The van der Waals surface area contributed by atoms with Gasteiger partial charge < -0.3 is 18.9 Å². The van der Waals surface area contributed by atoms with Gasteiger partial charge in [-0.15, -0.1) is 5.06 Å². The summed E-state index contributed by atoms with van der Waals surface area (Å²) in [6.07, 6.45) is 6.15. The van der Waals surface area contributed by atoms with Crippen LogP contribution in [0.25, 0.3) is 17.0 Å². The minimum absolute atomic E-state index is 0.0216. The van der Waals surface area contributed by atoms with E-state index in [1.807, 2.05) is 54.7 Å². The van der Waals surface area contributed by atoms with Crippen molar-refractivity contribution in [2.45, 2.75) is 19.9 Å². The van der Waals surface area contributed by atoms with Gasteiger partial charge in [0.05, 0.1) is 19.3 Å². The molecule has 5 rings (SSSR count). The molecule has 172 valence electrons. The zero-order valence-corrected chi connectivity index (χ0v) is 18.9.